The third-order valence-corrected chi connectivity index (χ3v) is 6.04. The van der Waals surface area contributed by atoms with Crippen LogP contribution in [-0.2, 0) is 14.3 Å². The number of piperidine rings is 1. The highest BCUT2D eigenvalue weighted by Gasteiger charge is 2.34. The Morgan fingerprint density at radius 1 is 1.03 bits per heavy atom. The maximum atomic E-state index is 12.8. The van der Waals surface area contributed by atoms with E-state index in [1.807, 2.05) is 79.4 Å². The summed E-state index contributed by atoms with van der Waals surface area (Å²) in [5.74, 6) is 0.291. The van der Waals surface area contributed by atoms with Gasteiger partial charge in [0, 0.05) is 44.2 Å². The molecule has 166 valence electrons. The minimum atomic E-state index is -0.278. The molecule has 31 heavy (non-hydrogen) atoms. The first-order valence-corrected chi connectivity index (χ1v) is 11.4. The van der Waals surface area contributed by atoms with Crippen LogP contribution in [0.1, 0.15) is 51.7 Å². The average Bonchev–Trinajstić information content (AvgIpc) is 2.81. The summed E-state index contributed by atoms with van der Waals surface area (Å²) < 4.78 is 5.78. The maximum absolute atomic E-state index is 12.8. The van der Waals surface area contributed by atoms with Gasteiger partial charge in [-0.2, -0.15) is 0 Å². The molecular weight excluding hydrogens is 388 g/mol. The van der Waals surface area contributed by atoms with E-state index in [9.17, 15) is 9.59 Å². The molecule has 1 fully saturated rings. The SMILES string of the molecule is CCC(=O)O[C@H](CN1CC[C@@H](N(C(=O)CC)c2ccccc2)[C@@H](C)C1)c1ccccc1. The van der Waals surface area contributed by atoms with Crippen molar-refractivity contribution in [3.63, 3.8) is 0 Å². The molecule has 2 aromatic carbocycles. The van der Waals surface area contributed by atoms with Gasteiger partial charge in [-0.1, -0.05) is 69.3 Å². The van der Waals surface area contributed by atoms with E-state index in [1.165, 1.54) is 0 Å². The van der Waals surface area contributed by atoms with Gasteiger partial charge in [0.2, 0.25) is 5.91 Å². The van der Waals surface area contributed by atoms with Crippen molar-refractivity contribution in [1.82, 2.24) is 4.90 Å². The number of ether oxygens (including phenoxy) is 1. The lowest BCUT2D eigenvalue weighted by Gasteiger charge is -2.43. The average molecular weight is 423 g/mol. The van der Waals surface area contributed by atoms with Gasteiger partial charge in [-0.15, -0.1) is 0 Å². The number of likely N-dealkylation sites (tertiary alicyclic amines) is 1. The van der Waals surface area contributed by atoms with Gasteiger partial charge in [-0.3, -0.25) is 14.5 Å². The van der Waals surface area contributed by atoms with Crippen molar-refractivity contribution in [3.8, 4) is 0 Å². The molecule has 0 radical (unpaired) electrons. The number of para-hydroxylation sites is 1. The Bertz CT molecular complexity index is 840. The van der Waals surface area contributed by atoms with Crippen molar-refractivity contribution >= 4 is 17.6 Å². The standard InChI is InChI=1S/C26H34N2O3/c1-4-25(29)28(22-14-10-7-11-15-22)23-16-17-27(18-20(23)3)19-24(31-26(30)5-2)21-12-8-6-9-13-21/h6-15,20,23-24H,4-5,16-19H2,1-3H3/t20-,23+,24+/m0/s1. The summed E-state index contributed by atoms with van der Waals surface area (Å²) >= 11 is 0. The van der Waals surface area contributed by atoms with E-state index < -0.39 is 0 Å². The first kappa shape index (κ1) is 23.0. The van der Waals surface area contributed by atoms with Crippen LogP contribution in [0.2, 0.25) is 0 Å². The molecule has 3 atom stereocenters. The van der Waals surface area contributed by atoms with E-state index in [2.05, 4.69) is 11.8 Å². The second kappa shape index (κ2) is 11.1. The summed E-state index contributed by atoms with van der Waals surface area (Å²) in [5, 5.41) is 0. The molecule has 0 spiro atoms. The largest absolute Gasteiger partial charge is 0.456 e. The topological polar surface area (TPSA) is 49.9 Å². The summed E-state index contributed by atoms with van der Waals surface area (Å²) in [6, 6.07) is 20.1. The zero-order valence-corrected chi connectivity index (χ0v) is 18.9. The number of benzene rings is 2. The second-order valence-electron chi connectivity index (χ2n) is 8.29. The molecule has 1 aliphatic heterocycles. The predicted octanol–water partition coefficient (Wildman–Crippen LogP) is 4.83. The predicted molar refractivity (Wildman–Crippen MR) is 124 cm³/mol. The summed E-state index contributed by atoms with van der Waals surface area (Å²) in [4.78, 5) is 29.2. The Morgan fingerprint density at radius 2 is 1.68 bits per heavy atom. The van der Waals surface area contributed by atoms with Crippen molar-refractivity contribution < 1.29 is 14.3 Å². The van der Waals surface area contributed by atoms with Crippen molar-refractivity contribution in [2.45, 2.75) is 52.2 Å². The van der Waals surface area contributed by atoms with Crippen molar-refractivity contribution in [1.29, 1.82) is 0 Å². The van der Waals surface area contributed by atoms with Crippen molar-refractivity contribution in [3.05, 3.63) is 66.2 Å². The van der Waals surface area contributed by atoms with Crippen molar-refractivity contribution in [2.75, 3.05) is 24.5 Å². The van der Waals surface area contributed by atoms with Crippen LogP contribution in [0, 0.1) is 5.92 Å². The third-order valence-electron chi connectivity index (χ3n) is 6.04. The van der Waals surface area contributed by atoms with Crippen LogP contribution in [0.3, 0.4) is 0 Å². The lowest BCUT2D eigenvalue weighted by Crippen LogP contribution is -2.53. The van der Waals surface area contributed by atoms with Crippen LogP contribution in [0.5, 0.6) is 0 Å². The fourth-order valence-electron chi connectivity index (χ4n) is 4.40. The number of esters is 1. The van der Waals surface area contributed by atoms with E-state index in [4.69, 9.17) is 4.74 Å². The van der Waals surface area contributed by atoms with Gasteiger partial charge < -0.3 is 9.64 Å². The van der Waals surface area contributed by atoms with Gasteiger partial charge in [0.15, 0.2) is 0 Å². The molecular formula is C26H34N2O3. The van der Waals surface area contributed by atoms with E-state index in [0.29, 0.717) is 25.3 Å². The number of hydrogen-bond acceptors (Lipinski definition) is 4. The smallest absolute Gasteiger partial charge is 0.306 e. The molecule has 1 heterocycles. The highest BCUT2D eigenvalue weighted by molar-refractivity contribution is 5.93. The van der Waals surface area contributed by atoms with Crippen LogP contribution in [0.15, 0.2) is 60.7 Å². The first-order chi connectivity index (χ1) is 15.0. The number of rotatable bonds is 8. The van der Waals surface area contributed by atoms with E-state index in [-0.39, 0.29) is 24.0 Å². The molecule has 2 aromatic rings. The summed E-state index contributed by atoms with van der Waals surface area (Å²) in [6.07, 6.45) is 1.47. The van der Waals surface area contributed by atoms with E-state index >= 15 is 0 Å². The number of anilines is 1. The van der Waals surface area contributed by atoms with Crippen LogP contribution >= 0.6 is 0 Å². The zero-order chi connectivity index (χ0) is 22.2. The molecule has 0 unspecified atom stereocenters. The summed E-state index contributed by atoms with van der Waals surface area (Å²) in [7, 11) is 0. The third kappa shape index (κ3) is 5.95. The number of nitrogens with zero attached hydrogens (tertiary/aromatic N) is 2. The minimum absolute atomic E-state index is 0.163. The quantitative estimate of drug-likeness (QED) is 0.572. The number of amides is 1. The Balaban J connectivity index is 1.71. The van der Waals surface area contributed by atoms with Gasteiger partial charge in [0.1, 0.15) is 6.10 Å². The van der Waals surface area contributed by atoms with E-state index in [1.54, 1.807) is 0 Å². The highest BCUT2D eigenvalue weighted by Crippen LogP contribution is 2.29. The van der Waals surface area contributed by atoms with Crippen LogP contribution in [-0.4, -0.2) is 42.5 Å². The van der Waals surface area contributed by atoms with Crippen molar-refractivity contribution in [2.24, 2.45) is 5.92 Å². The minimum Gasteiger partial charge on any atom is -0.456 e. The van der Waals surface area contributed by atoms with Gasteiger partial charge >= 0.3 is 5.97 Å². The number of hydrogen-bond donors (Lipinski definition) is 0. The molecule has 5 nitrogen and oxygen atoms in total. The fourth-order valence-corrected chi connectivity index (χ4v) is 4.40. The van der Waals surface area contributed by atoms with Crippen LogP contribution in [0.25, 0.3) is 0 Å². The Morgan fingerprint density at radius 3 is 2.26 bits per heavy atom. The van der Waals surface area contributed by atoms with Crippen LogP contribution in [0.4, 0.5) is 5.69 Å². The van der Waals surface area contributed by atoms with Crippen LogP contribution < -0.4 is 4.90 Å². The Hall–Kier alpha value is -2.66. The molecule has 0 saturated carbocycles. The number of carbonyl (C=O) groups is 2. The highest BCUT2D eigenvalue weighted by atomic mass is 16.5. The molecule has 0 aromatic heterocycles. The first-order valence-electron chi connectivity index (χ1n) is 11.4. The Kier molecular flexibility index (Phi) is 8.24. The molecule has 0 N–H and O–H groups in total. The van der Waals surface area contributed by atoms with Gasteiger partial charge in [0.05, 0.1) is 0 Å². The fraction of sp³-hybridized carbons (Fsp3) is 0.462. The van der Waals surface area contributed by atoms with Gasteiger partial charge in [0.25, 0.3) is 0 Å². The molecule has 0 bridgehead atoms. The molecule has 3 rings (SSSR count). The maximum Gasteiger partial charge on any atom is 0.306 e. The second-order valence-corrected chi connectivity index (χ2v) is 8.29. The summed E-state index contributed by atoms with van der Waals surface area (Å²) in [6.45, 7) is 8.34. The monoisotopic (exact) mass is 422 g/mol. The summed E-state index contributed by atoms with van der Waals surface area (Å²) in [5.41, 5.74) is 1.99. The number of carbonyl (C=O) groups excluding carboxylic acids is 2. The molecule has 5 heteroatoms. The normalized spacial score (nSPS) is 20.1. The molecule has 1 saturated heterocycles. The lowest BCUT2D eigenvalue weighted by atomic mass is 9.91. The zero-order valence-electron chi connectivity index (χ0n) is 18.9. The lowest BCUT2D eigenvalue weighted by molar-refractivity contribution is -0.150. The van der Waals surface area contributed by atoms with Gasteiger partial charge in [-0.25, -0.2) is 0 Å². The van der Waals surface area contributed by atoms with Gasteiger partial charge in [-0.05, 0) is 30.0 Å². The Labute approximate surface area is 186 Å². The van der Waals surface area contributed by atoms with E-state index in [0.717, 1.165) is 30.8 Å². The molecule has 1 aliphatic rings. The molecule has 0 aliphatic carbocycles. The molecule has 1 amide bonds.